The molecular formula is C24H27F3N6O2. The Balaban J connectivity index is 1.57. The van der Waals surface area contributed by atoms with Gasteiger partial charge < -0.3 is 14.7 Å². The van der Waals surface area contributed by atoms with Gasteiger partial charge in [-0.1, -0.05) is 0 Å². The minimum atomic E-state index is -4.63. The summed E-state index contributed by atoms with van der Waals surface area (Å²) in [6, 6.07) is 5.35. The molecule has 2 saturated heterocycles. The van der Waals surface area contributed by atoms with Gasteiger partial charge in [0.1, 0.15) is 0 Å². The molecule has 35 heavy (non-hydrogen) atoms. The molecule has 1 atom stereocenters. The predicted octanol–water partition coefficient (Wildman–Crippen LogP) is 2.76. The monoisotopic (exact) mass is 488 g/mol. The van der Waals surface area contributed by atoms with Gasteiger partial charge in [-0.05, 0) is 31.0 Å². The van der Waals surface area contributed by atoms with E-state index in [9.17, 15) is 22.8 Å². The first-order chi connectivity index (χ1) is 16.4. The molecule has 0 aliphatic carbocycles. The van der Waals surface area contributed by atoms with Gasteiger partial charge in [0.25, 0.3) is 5.91 Å². The maximum atomic E-state index is 13.4. The number of carbonyl (C=O) groups is 2. The van der Waals surface area contributed by atoms with Crippen molar-refractivity contribution in [2.75, 3.05) is 45.2 Å². The summed E-state index contributed by atoms with van der Waals surface area (Å²) in [6.45, 7) is 1.57. The van der Waals surface area contributed by atoms with Crippen LogP contribution in [-0.4, -0.2) is 71.7 Å². The Bertz CT molecular complexity index is 1170. The van der Waals surface area contributed by atoms with Gasteiger partial charge in [-0.2, -0.15) is 23.5 Å². The minimum absolute atomic E-state index is 0.0577. The van der Waals surface area contributed by atoms with Gasteiger partial charge in [-0.15, -0.1) is 0 Å². The fourth-order valence-corrected chi connectivity index (χ4v) is 5.27. The third-order valence-electron chi connectivity index (χ3n) is 7.18. The summed E-state index contributed by atoms with van der Waals surface area (Å²) >= 11 is 0. The largest absolute Gasteiger partial charge is 0.417 e. The number of piperidine rings is 1. The summed E-state index contributed by atoms with van der Waals surface area (Å²) in [6.07, 6.45) is -0.381. The number of benzene rings is 1. The number of amides is 2. The second-order valence-electron chi connectivity index (χ2n) is 9.56. The molecule has 1 aromatic heterocycles. The molecule has 2 fully saturated rings. The van der Waals surface area contributed by atoms with Crippen LogP contribution >= 0.6 is 0 Å². The van der Waals surface area contributed by atoms with Crippen molar-refractivity contribution < 1.29 is 22.8 Å². The van der Waals surface area contributed by atoms with Crippen LogP contribution in [0.15, 0.2) is 30.6 Å². The number of aryl methyl sites for hydroxylation is 1. The predicted molar refractivity (Wildman–Crippen MR) is 121 cm³/mol. The maximum absolute atomic E-state index is 13.4. The number of aromatic nitrogens is 2. The molecule has 1 unspecified atom stereocenters. The zero-order valence-electron chi connectivity index (χ0n) is 19.8. The number of hydrogen-bond donors (Lipinski definition) is 0. The molecule has 1 spiro atoms. The zero-order chi connectivity index (χ0) is 25.5. The fourth-order valence-electron chi connectivity index (χ4n) is 5.27. The Morgan fingerprint density at radius 3 is 2.46 bits per heavy atom. The van der Waals surface area contributed by atoms with Gasteiger partial charge in [0.15, 0.2) is 0 Å². The molecule has 3 heterocycles. The quantitative estimate of drug-likeness (QED) is 0.663. The maximum Gasteiger partial charge on any atom is 0.417 e. The summed E-state index contributed by atoms with van der Waals surface area (Å²) in [4.78, 5) is 31.3. The first-order valence-electron chi connectivity index (χ1n) is 11.3. The van der Waals surface area contributed by atoms with Crippen molar-refractivity contribution in [3.8, 4) is 6.07 Å². The SMILES string of the molecule is CN(C)C(=O)C1CN(C(=O)c2cnn(C)c2)CC12CCN(c1ccc(C#N)c(C(F)(F)F)c1)CC2. The van der Waals surface area contributed by atoms with Crippen LogP contribution in [0.5, 0.6) is 0 Å². The van der Waals surface area contributed by atoms with Crippen molar-refractivity contribution in [2.24, 2.45) is 18.4 Å². The molecule has 2 amide bonds. The first-order valence-corrected chi connectivity index (χ1v) is 11.3. The highest BCUT2D eigenvalue weighted by Gasteiger charge is 2.53. The number of likely N-dealkylation sites (tertiary alicyclic amines) is 1. The number of nitrogens with zero attached hydrogens (tertiary/aromatic N) is 6. The van der Waals surface area contributed by atoms with E-state index in [1.807, 2.05) is 4.90 Å². The molecule has 0 radical (unpaired) electrons. The topological polar surface area (TPSA) is 85.5 Å². The van der Waals surface area contributed by atoms with Gasteiger partial charge in [0, 0.05) is 64.6 Å². The molecular weight excluding hydrogens is 461 g/mol. The van der Waals surface area contributed by atoms with Crippen LogP contribution < -0.4 is 4.90 Å². The molecule has 8 nitrogen and oxygen atoms in total. The highest BCUT2D eigenvalue weighted by atomic mass is 19.4. The van der Waals surface area contributed by atoms with Crippen LogP contribution in [0.4, 0.5) is 18.9 Å². The van der Waals surface area contributed by atoms with Crippen LogP contribution in [0.1, 0.15) is 34.3 Å². The van der Waals surface area contributed by atoms with E-state index in [-0.39, 0.29) is 11.8 Å². The third kappa shape index (κ3) is 4.57. The Morgan fingerprint density at radius 1 is 1.23 bits per heavy atom. The highest BCUT2D eigenvalue weighted by Crippen LogP contribution is 2.47. The molecule has 0 saturated carbocycles. The first kappa shape index (κ1) is 24.6. The van der Waals surface area contributed by atoms with E-state index in [1.54, 1.807) is 43.0 Å². The standard InChI is InChI=1S/C24H27F3N6O2/c1-30(2)22(35)20-14-33(21(34)17-12-29-31(3)13-17)15-23(20)6-8-32(9-7-23)18-5-4-16(11-28)19(10-18)24(25,26)27/h4-5,10,12-13,20H,6-9,14-15H2,1-3H3. The van der Waals surface area contributed by atoms with Gasteiger partial charge in [-0.25, -0.2) is 0 Å². The Labute approximate surface area is 201 Å². The normalized spacial score (nSPS) is 19.6. The van der Waals surface area contributed by atoms with Crippen LogP contribution in [0.3, 0.4) is 0 Å². The van der Waals surface area contributed by atoms with Crippen LogP contribution in [0.25, 0.3) is 0 Å². The van der Waals surface area contributed by atoms with Gasteiger partial charge in [-0.3, -0.25) is 14.3 Å². The second kappa shape index (κ2) is 8.91. The molecule has 4 rings (SSSR count). The molecule has 2 aliphatic heterocycles. The van der Waals surface area contributed by atoms with Crippen molar-refractivity contribution in [1.82, 2.24) is 19.6 Å². The molecule has 0 bridgehead atoms. The molecule has 2 aliphatic rings. The zero-order valence-corrected chi connectivity index (χ0v) is 19.8. The number of nitriles is 1. The lowest BCUT2D eigenvalue weighted by molar-refractivity contribution is -0.138. The average molecular weight is 489 g/mol. The van der Waals surface area contributed by atoms with E-state index in [0.717, 1.165) is 6.07 Å². The lowest BCUT2D eigenvalue weighted by Gasteiger charge is -2.43. The second-order valence-corrected chi connectivity index (χ2v) is 9.56. The number of alkyl halides is 3. The van der Waals surface area contributed by atoms with Crippen molar-refractivity contribution in [2.45, 2.75) is 19.0 Å². The summed E-state index contributed by atoms with van der Waals surface area (Å²) in [5, 5.41) is 13.1. The number of halogens is 3. The van der Waals surface area contributed by atoms with Crippen LogP contribution in [0, 0.1) is 22.7 Å². The smallest absolute Gasteiger partial charge is 0.371 e. The van der Waals surface area contributed by atoms with Crippen molar-refractivity contribution in [3.63, 3.8) is 0 Å². The Morgan fingerprint density at radius 2 is 1.91 bits per heavy atom. The number of rotatable bonds is 3. The van der Waals surface area contributed by atoms with E-state index in [2.05, 4.69) is 5.10 Å². The van der Waals surface area contributed by atoms with Crippen molar-refractivity contribution in [1.29, 1.82) is 5.26 Å². The number of hydrogen-bond acceptors (Lipinski definition) is 5. The summed E-state index contributed by atoms with van der Waals surface area (Å²) < 4.78 is 41.9. The minimum Gasteiger partial charge on any atom is -0.371 e. The molecule has 186 valence electrons. The van der Waals surface area contributed by atoms with Crippen molar-refractivity contribution >= 4 is 17.5 Å². The van der Waals surface area contributed by atoms with E-state index in [0.29, 0.717) is 50.3 Å². The van der Waals surface area contributed by atoms with E-state index in [1.165, 1.54) is 23.2 Å². The third-order valence-corrected chi connectivity index (χ3v) is 7.18. The van der Waals surface area contributed by atoms with E-state index >= 15 is 0 Å². The van der Waals surface area contributed by atoms with Gasteiger partial charge in [0.2, 0.25) is 5.91 Å². The molecule has 1 aromatic carbocycles. The fraction of sp³-hybridized carbons (Fsp3) is 0.500. The summed E-state index contributed by atoms with van der Waals surface area (Å²) in [5.74, 6) is -0.638. The van der Waals surface area contributed by atoms with Crippen LogP contribution in [-0.2, 0) is 18.0 Å². The molecule has 2 aromatic rings. The lowest BCUT2D eigenvalue weighted by atomic mass is 9.70. The molecule has 11 heteroatoms. The highest BCUT2D eigenvalue weighted by molar-refractivity contribution is 5.94. The van der Waals surface area contributed by atoms with E-state index < -0.39 is 28.6 Å². The van der Waals surface area contributed by atoms with Gasteiger partial charge >= 0.3 is 6.18 Å². The molecule has 0 N–H and O–H groups in total. The average Bonchev–Trinajstić information content (AvgIpc) is 3.41. The number of anilines is 1. The summed E-state index contributed by atoms with van der Waals surface area (Å²) in [5.41, 5.74) is -0.979. The number of carbonyl (C=O) groups excluding carboxylic acids is 2. The Hall–Kier alpha value is -3.55. The van der Waals surface area contributed by atoms with E-state index in [4.69, 9.17) is 5.26 Å². The van der Waals surface area contributed by atoms with Crippen molar-refractivity contribution in [3.05, 3.63) is 47.3 Å². The summed E-state index contributed by atoms with van der Waals surface area (Å²) in [7, 11) is 5.10. The Kier molecular flexibility index (Phi) is 6.25. The van der Waals surface area contributed by atoms with Gasteiger partial charge in [0.05, 0.1) is 34.9 Å². The lowest BCUT2D eigenvalue weighted by Crippen LogP contribution is -2.48. The van der Waals surface area contributed by atoms with Crippen LogP contribution in [0.2, 0.25) is 0 Å².